The van der Waals surface area contributed by atoms with E-state index in [2.05, 4.69) is 0 Å². The highest BCUT2D eigenvalue weighted by Gasteiger charge is 2.37. The maximum absolute atomic E-state index is 13.0. The van der Waals surface area contributed by atoms with Crippen LogP contribution < -0.4 is 5.73 Å². The number of benzene rings is 2. The van der Waals surface area contributed by atoms with Gasteiger partial charge in [0.1, 0.15) is 0 Å². The Labute approximate surface area is 169 Å². The number of hydrogen-bond acceptors (Lipinski definition) is 3. The third-order valence-corrected chi connectivity index (χ3v) is 4.99. The van der Waals surface area contributed by atoms with E-state index < -0.39 is 29.8 Å². The van der Waals surface area contributed by atoms with Gasteiger partial charge in [-0.3, -0.25) is 0 Å². The Kier molecular flexibility index (Phi) is 6.74. The van der Waals surface area contributed by atoms with Crippen molar-refractivity contribution < 1.29 is 35.8 Å². The van der Waals surface area contributed by atoms with E-state index in [0.717, 1.165) is 5.56 Å². The number of halogens is 6. The molecule has 2 N–H and O–H groups in total. The Balaban J connectivity index is 1.73. The fourth-order valence-electron chi connectivity index (χ4n) is 3.49. The van der Waals surface area contributed by atoms with E-state index in [1.54, 1.807) is 0 Å². The molecular formula is C21H21F6NO2. The van der Waals surface area contributed by atoms with Crippen LogP contribution in [-0.2, 0) is 28.2 Å². The summed E-state index contributed by atoms with van der Waals surface area (Å²) in [5.74, 6) is -0.285. The van der Waals surface area contributed by atoms with E-state index >= 15 is 0 Å². The average molecular weight is 433 g/mol. The van der Waals surface area contributed by atoms with Crippen LogP contribution in [0.5, 0.6) is 0 Å². The van der Waals surface area contributed by atoms with Gasteiger partial charge in [0, 0.05) is 6.04 Å². The van der Waals surface area contributed by atoms with Crippen molar-refractivity contribution in [2.45, 2.75) is 43.4 Å². The molecule has 30 heavy (non-hydrogen) atoms. The zero-order valence-electron chi connectivity index (χ0n) is 15.8. The van der Waals surface area contributed by atoms with Crippen LogP contribution in [0.4, 0.5) is 26.3 Å². The van der Waals surface area contributed by atoms with Crippen LogP contribution in [0, 0.1) is 0 Å². The molecule has 1 heterocycles. The molecule has 0 radical (unpaired) electrons. The first kappa shape index (κ1) is 22.6. The maximum Gasteiger partial charge on any atom is 0.416 e. The lowest BCUT2D eigenvalue weighted by Gasteiger charge is -2.36. The van der Waals surface area contributed by atoms with Gasteiger partial charge in [0.05, 0.1) is 30.3 Å². The zero-order chi connectivity index (χ0) is 21.9. The van der Waals surface area contributed by atoms with Crippen molar-refractivity contribution in [2.24, 2.45) is 5.73 Å². The second-order valence-corrected chi connectivity index (χ2v) is 7.16. The molecule has 0 aromatic heterocycles. The molecule has 1 aliphatic heterocycles. The minimum absolute atomic E-state index is 0.110. The normalized spacial score (nSPS) is 22.8. The first-order chi connectivity index (χ1) is 14.1. The van der Waals surface area contributed by atoms with Gasteiger partial charge < -0.3 is 15.2 Å². The Hall–Kier alpha value is -2.10. The number of rotatable bonds is 5. The standard InChI is InChI=1S/C21H21F6NO2/c22-20(23,24)15-10-13(11-16(12-15)21(25,26)27)6-8-29-19-18(17(28)7-9-30-19)14-4-2-1-3-5-14/h1-5,10-12,17-19H,6-9,28H2/t17-,18-,19?/m1/s1. The van der Waals surface area contributed by atoms with Crippen LogP contribution in [0.15, 0.2) is 48.5 Å². The van der Waals surface area contributed by atoms with Gasteiger partial charge in [0.2, 0.25) is 0 Å². The van der Waals surface area contributed by atoms with Gasteiger partial charge in [-0.2, -0.15) is 26.3 Å². The summed E-state index contributed by atoms with van der Waals surface area (Å²) in [6.45, 7) is 0.246. The van der Waals surface area contributed by atoms with Crippen molar-refractivity contribution in [3.8, 4) is 0 Å². The molecule has 9 heteroatoms. The number of ether oxygens (including phenoxy) is 2. The van der Waals surface area contributed by atoms with Gasteiger partial charge >= 0.3 is 12.4 Å². The van der Waals surface area contributed by atoms with Gasteiger partial charge in [0.15, 0.2) is 6.29 Å². The minimum Gasteiger partial charge on any atom is -0.352 e. The number of alkyl halides is 6. The van der Waals surface area contributed by atoms with Crippen LogP contribution in [0.2, 0.25) is 0 Å². The van der Waals surface area contributed by atoms with Gasteiger partial charge in [0.25, 0.3) is 0 Å². The molecule has 1 fully saturated rings. The molecule has 1 aliphatic rings. The van der Waals surface area contributed by atoms with Crippen LogP contribution in [0.1, 0.15) is 34.6 Å². The van der Waals surface area contributed by atoms with Crippen LogP contribution in [0.3, 0.4) is 0 Å². The summed E-state index contributed by atoms with van der Waals surface area (Å²) >= 11 is 0. The van der Waals surface area contributed by atoms with Gasteiger partial charge in [-0.25, -0.2) is 0 Å². The van der Waals surface area contributed by atoms with E-state index in [1.807, 2.05) is 30.3 Å². The van der Waals surface area contributed by atoms with Crippen LogP contribution in [-0.4, -0.2) is 25.5 Å². The lowest BCUT2D eigenvalue weighted by Crippen LogP contribution is -2.44. The Morgan fingerprint density at radius 2 is 1.53 bits per heavy atom. The van der Waals surface area contributed by atoms with E-state index in [4.69, 9.17) is 15.2 Å². The quantitative estimate of drug-likeness (QED) is 0.664. The van der Waals surface area contributed by atoms with Crippen molar-refractivity contribution in [1.82, 2.24) is 0 Å². The Morgan fingerprint density at radius 3 is 2.10 bits per heavy atom. The summed E-state index contributed by atoms with van der Waals surface area (Å²) in [6, 6.07) is 10.6. The van der Waals surface area contributed by atoms with Crippen LogP contribution in [0.25, 0.3) is 0 Å². The molecule has 0 amide bonds. The minimum atomic E-state index is -4.88. The van der Waals surface area contributed by atoms with Gasteiger partial charge in [-0.1, -0.05) is 30.3 Å². The molecule has 1 saturated heterocycles. The lowest BCUT2D eigenvalue weighted by atomic mass is 9.88. The molecule has 3 atom stereocenters. The topological polar surface area (TPSA) is 44.5 Å². The average Bonchev–Trinajstić information content (AvgIpc) is 2.67. The van der Waals surface area contributed by atoms with Crippen molar-refractivity contribution >= 4 is 0 Å². The highest BCUT2D eigenvalue weighted by atomic mass is 19.4. The molecule has 2 aromatic carbocycles. The summed E-state index contributed by atoms with van der Waals surface area (Å²) in [7, 11) is 0. The molecular weight excluding hydrogens is 412 g/mol. The Bertz CT molecular complexity index is 805. The SMILES string of the molecule is N[C@@H]1CCOC(OCCc2cc(C(F)(F)F)cc(C(F)(F)F)c2)[C@@H]1c1ccccc1. The summed E-state index contributed by atoms with van der Waals surface area (Å²) in [4.78, 5) is 0. The van der Waals surface area contributed by atoms with E-state index in [1.165, 1.54) is 0 Å². The second-order valence-electron chi connectivity index (χ2n) is 7.16. The lowest BCUT2D eigenvalue weighted by molar-refractivity contribution is -0.178. The molecule has 3 rings (SSSR count). The number of hydrogen-bond donors (Lipinski definition) is 1. The molecule has 1 unspecified atom stereocenters. The zero-order valence-corrected chi connectivity index (χ0v) is 15.8. The smallest absolute Gasteiger partial charge is 0.352 e. The highest BCUT2D eigenvalue weighted by molar-refractivity contribution is 5.33. The highest BCUT2D eigenvalue weighted by Crippen LogP contribution is 2.36. The van der Waals surface area contributed by atoms with Crippen molar-refractivity contribution in [2.75, 3.05) is 13.2 Å². The summed E-state index contributed by atoms with van der Waals surface area (Å²) < 4.78 is 89.3. The van der Waals surface area contributed by atoms with Crippen LogP contribution >= 0.6 is 0 Å². The molecule has 0 saturated carbocycles. The van der Waals surface area contributed by atoms with Gasteiger partial charge in [-0.05, 0) is 42.2 Å². The second kappa shape index (κ2) is 8.95. The molecule has 0 aliphatic carbocycles. The van der Waals surface area contributed by atoms with Gasteiger partial charge in [-0.15, -0.1) is 0 Å². The number of nitrogens with two attached hydrogens (primary N) is 1. The summed E-state index contributed by atoms with van der Waals surface area (Å²) in [5, 5.41) is 0. The van der Waals surface area contributed by atoms with Crippen molar-refractivity contribution in [3.05, 3.63) is 70.8 Å². The molecule has 164 valence electrons. The predicted molar refractivity (Wildman–Crippen MR) is 97.6 cm³/mol. The summed E-state index contributed by atoms with van der Waals surface area (Å²) in [5.41, 5.74) is 4.30. The van der Waals surface area contributed by atoms with E-state index in [-0.39, 0.29) is 36.6 Å². The van der Waals surface area contributed by atoms with Crippen molar-refractivity contribution in [1.29, 1.82) is 0 Å². The maximum atomic E-state index is 13.0. The van der Waals surface area contributed by atoms with E-state index in [9.17, 15) is 26.3 Å². The molecule has 3 nitrogen and oxygen atoms in total. The third kappa shape index (κ3) is 5.53. The first-order valence-corrected chi connectivity index (χ1v) is 9.38. The fourth-order valence-corrected chi connectivity index (χ4v) is 3.49. The van der Waals surface area contributed by atoms with Crippen molar-refractivity contribution in [3.63, 3.8) is 0 Å². The summed E-state index contributed by atoms with van der Waals surface area (Å²) in [6.07, 6.45) is -10.0. The van der Waals surface area contributed by atoms with E-state index in [0.29, 0.717) is 25.2 Å². The first-order valence-electron chi connectivity index (χ1n) is 9.38. The predicted octanol–water partition coefficient (Wildman–Crippen LogP) is 5.14. The molecule has 2 aromatic rings. The Morgan fingerprint density at radius 1 is 0.933 bits per heavy atom. The third-order valence-electron chi connectivity index (χ3n) is 4.99. The fraction of sp³-hybridized carbons (Fsp3) is 0.429. The molecule has 0 bridgehead atoms. The molecule has 0 spiro atoms. The monoisotopic (exact) mass is 433 g/mol. The largest absolute Gasteiger partial charge is 0.416 e.